The molecule has 1 amide bonds. The minimum atomic E-state index is -0.225. The first-order valence-electron chi connectivity index (χ1n) is 7.45. The summed E-state index contributed by atoms with van der Waals surface area (Å²) in [4.78, 5) is 25.6. The third-order valence-electron chi connectivity index (χ3n) is 3.26. The summed E-state index contributed by atoms with van der Waals surface area (Å²) in [7, 11) is 1.48. The van der Waals surface area contributed by atoms with Crippen LogP contribution in [-0.2, 0) is 9.63 Å². The van der Waals surface area contributed by atoms with Crippen molar-refractivity contribution in [2.75, 3.05) is 12.4 Å². The lowest BCUT2D eigenvalue weighted by Gasteiger charge is -2.11. The van der Waals surface area contributed by atoms with Gasteiger partial charge >= 0.3 is 0 Å². The fraction of sp³-hybridized carbons (Fsp3) is 0.235. The molecule has 0 aliphatic heterocycles. The van der Waals surface area contributed by atoms with Gasteiger partial charge in [-0.25, -0.2) is 4.98 Å². The molecule has 2 N–H and O–H groups in total. The van der Waals surface area contributed by atoms with Crippen LogP contribution in [0.25, 0.3) is 5.70 Å². The highest BCUT2D eigenvalue weighted by Crippen LogP contribution is 2.25. The van der Waals surface area contributed by atoms with Crippen LogP contribution >= 0.6 is 23.2 Å². The van der Waals surface area contributed by atoms with Crippen molar-refractivity contribution in [1.29, 1.82) is 0 Å². The molecule has 2 rings (SSSR count). The second-order valence-corrected chi connectivity index (χ2v) is 6.06. The van der Waals surface area contributed by atoms with E-state index in [2.05, 4.69) is 20.8 Å². The lowest BCUT2D eigenvalue weighted by atomic mass is 10.1. The van der Waals surface area contributed by atoms with Gasteiger partial charge in [0.15, 0.2) is 5.82 Å². The second kappa shape index (κ2) is 8.80. The highest BCUT2D eigenvalue weighted by Gasteiger charge is 2.09. The molecule has 0 saturated carbocycles. The van der Waals surface area contributed by atoms with Gasteiger partial charge in [-0.3, -0.25) is 20.1 Å². The van der Waals surface area contributed by atoms with Gasteiger partial charge in [0.2, 0.25) is 5.91 Å². The van der Waals surface area contributed by atoms with Crippen molar-refractivity contribution >= 4 is 40.6 Å². The Kier molecular flexibility index (Phi) is 6.75. The predicted octanol–water partition coefficient (Wildman–Crippen LogP) is 3.92. The lowest BCUT2D eigenvalue weighted by Crippen LogP contribution is -2.15. The molecule has 1 aromatic carbocycles. The smallest absolute Gasteiger partial charge is 0.229 e. The van der Waals surface area contributed by atoms with Crippen LogP contribution in [0.4, 0.5) is 5.82 Å². The van der Waals surface area contributed by atoms with Crippen LogP contribution in [0.15, 0.2) is 30.5 Å². The Morgan fingerprint density at radius 3 is 2.68 bits per heavy atom. The van der Waals surface area contributed by atoms with E-state index in [1.807, 2.05) is 6.92 Å². The van der Waals surface area contributed by atoms with Gasteiger partial charge in [-0.15, -0.1) is 0 Å². The maximum absolute atomic E-state index is 12.2. The van der Waals surface area contributed by atoms with Gasteiger partial charge < -0.3 is 5.32 Å². The van der Waals surface area contributed by atoms with E-state index in [9.17, 15) is 4.79 Å². The van der Waals surface area contributed by atoms with E-state index in [0.717, 1.165) is 11.3 Å². The normalized spacial score (nSPS) is 11.3. The Morgan fingerprint density at radius 1 is 1.28 bits per heavy atom. The Morgan fingerprint density at radius 2 is 2.04 bits per heavy atom. The van der Waals surface area contributed by atoms with Crippen LogP contribution in [-0.4, -0.2) is 23.0 Å². The number of hydroxylamine groups is 1. The maximum atomic E-state index is 12.2. The minimum Gasteiger partial charge on any atom is -0.309 e. The number of carbonyl (C=O) groups excluding carboxylic acids is 1. The molecule has 0 atom stereocenters. The number of aryl methyl sites for hydroxylation is 2. The molecule has 0 spiro atoms. The van der Waals surface area contributed by atoms with Crippen molar-refractivity contribution in [2.24, 2.45) is 0 Å². The largest absolute Gasteiger partial charge is 0.309 e. The summed E-state index contributed by atoms with van der Waals surface area (Å²) in [5.41, 5.74) is 5.54. The van der Waals surface area contributed by atoms with Crippen molar-refractivity contribution in [3.63, 3.8) is 0 Å². The monoisotopic (exact) mass is 380 g/mol. The summed E-state index contributed by atoms with van der Waals surface area (Å²) in [5, 5.41) is 3.60. The molecule has 132 valence electrons. The van der Waals surface area contributed by atoms with Crippen molar-refractivity contribution in [3.05, 3.63) is 57.5 Å². The standard InChI is InChI=1S/C17H18Cl2N4O2/c1-10-9-20-17(11(2)21-10)22-16(24)7-6-15(23-25-3)12-4-5-13(18)14(19)8-12/h4-6,8-9,23H,7H2,1-3H3,(H,20,22,24). The summed E-state index contributed by atoms with van der Waals surface area (Å²) in [6.07, 6.45) is 3.41. The zero-order valence-electron chi connectivity index (χ0n) is 14.1. The van der Waals surface area contributed by atoms with Crippen molar-refractivity contribution < 1.29 is 9.63 Å². The molecular formula is C17H18Cl2N4O2. The van der Waals surface area contributed by atoms with Crippen molar-refractivity contribution in [1.82, 2.24) is 15.4 Å². The number of rotatable bonds is 6. The fourth-order valence-corrected chi connectivity index (χ4v) is 2.39. The Labute approximate surface area is 156 Å². The number of hydrogen-bond acceptors (Lipinski definition) is 5. The zero-order valence-corrected chi connectivity index (χ0v) is 15.6. The number of anilines is 1. The molecule has 25 heavy (non-hydrogen) atoms. The third-order valence-corrected chi connectivity index (χ3v) is 4.00. The van der Waals surface area contributed by atoms with Gasteiger partial charge in [-0.1, -0.05) is 29.3 Å². The first-order chi connectivity index (χ1) is 11.9. The highest BCUT2D eigenvalue weighted by atomic mass is 35.5. The average Bonchev–Trinajstić information content (AvgIpc) is 2.56. The van der Waals surface area contributed by atoms with Crippen LogP contribution < -0.4 is 10.8 Å². The van der Waals surface area contributed by atoms with Crippen LogP contribution in [0.2, 0.25) is 10.0 Å². The number of amides is 1. The molecule has 1 heterocycles. The fourth-order valence-electron chi connectivity index (χ4n) is 2.09. The van der Waals surface area contributed by atoms with E-state index < -0.39 is 0 Å². The van der Waals surface area contributed by atoms with Crippen LogP contribution in [0, 0.1) is 13.8 Å². The van der Waals surface area contributed by atoms with Gasteiger partial charge in [0, 0.05) is 12.0 Å². The van der Waals surface area contributed by atoms with E-state index in [0.29, 0.717) is 27.3 Å². The molecular weight excluding hydrogens is 363 g/mol. The van der Waals surface area contributed by atoms with Crippen molar-refractivity contribution in [2.45, 2.75) is 20.3 Å². The van der Waals surface area contributed by atoms with Gasteiger partial charge in [0.1, 0.15) is 0 Å². The number of benzene rings is 1. The Hall–Kier alpha value is -2.15. The SMILES string of the molecule is CONC(=CCC(=O)Nc1ncc(C)nc1C)c1ccc(Cl)c(Cl)c1. The molecule has 6 nitrogen and oxygen atoms in total. The number of hydrogen-bond donors (Lipinski definition) is 2. The average molecular weight is 381 g/mol. The van der Waals surface area contributed by atoms with E-state index >= 15 is 0 Å². The Balaban J connectivity index is 2.12. The summed E-state index contributed by atoms with van der Waals surface area (Å²) in [6, 6.07) is 5.14. The second-order valence-electron chi connectivity index (χ2n) is 5.25. The molecule has 0 aliphatic carbocycles. The number of halogens is 2. The van der Waals surface area contributed by atoms with Crippen LogP contribution in [0.1, 0.15) is 23.4 Å². The first-order valence-corrected chi connectivity index (χ1v) is 8.21. The predicted molar refractivity (Wildman–Crippen MR) is 99.3 cm³/mol. The van der Waals surface area contributed by atoms with Gasteiger partial charge in [0.05, 0.1) is 40.4 Å². The van der Waals surface area contributed by atoms with Crippen molar-refractivity contribution in [3.8, 4) is 0 Å². The van der Waals surface area contributed by atoms with Gasteiger partial charge in [-0.05, 0) is 32.1 Å². The molecule has 0 bridgehead atoms. The number of nitrogens with zero attached hydrogens (tertiary/aromatic N) is 2. The molecule has 0 radical (unpaired) electrons. The molecule has 0 fully saturated rings. The molecule has 2 aromatic rings. The highest BCUT2D eigenvalue weighted by molar-refractivity contribution is 6.42. The summed E-state index contributed by atoms with van der Waals surface area (Å²) >= 11 is 12.0. The summed E-state index contributed by atoms with van der Waals surface area (Å²) in [6.45, 7) is 3.63. The molecule has 0 aliphatic rings. The number of carbonyl (C=O) groups is 1. The third kappa shape index (κ3) is 5.42. The molecule has 1 aromatic heterocycles. The van der Waals surface area contributed by atoms with E-state index in [-0.39, 0.29) is 12.3 Å². The molecule has 0 unspecified atom stereocenters. The van der Waals surface area contributed by atoms with Gasteiger partial charge in [0.25, 0.3) is 0 Å². The number of aromatic nitrogens is 2. The van der Waals surface area contributed by atoms with Crippen LogP contribution in [0.3, 0.4) is 0 Å². The minimum absolute atomic E-state index is 0.112. The number of nitrogens with one attached hydrogen (secondary N) is 2. The molecule has 8 heteroatoms. The Bertz CT molecular complexity index is 809. The zero-order chi connectivity index (χ0) is 18.4. The topological polar surface area (TPSA) is 76.1 Å². The van der Waals surface area contributed by atoms with E-state index in [1.165, 1.54) is 7.11 Å². The van der Waals surface area contributed by atoms with E-state index in [1.54, 1.807) is 37.4 Å². The first kappa shape index (κ1) is 19.2. The summed E-state index contributed by atoms with van der Waals surface area (Å²) < 4.78 is 0. The summed E-state index contributed by atoms with van der Waals surface area (Å²) in [5.74, 6) is 0.219. The van der Waals surface area contributed by atoms with Gasteiger partial charge in [-0.2, -0.15) is 0 Å². The maximum Gasteiger partial charge on any atom is 0.229 e. The van der Waals surface area contributed by atoms with Crippen LogP contribution in [0.5, 0.6) is 0 Å². The molecule has 0 saturated heterocycles. The quantitative estimate of drug-likeness (QED) is 0.742. The lowest BCUT2D eigenvalue weighted by molar-refractivity contribution is -0.115. The van der Waals surface area contributed by atoms with E-state index in [4.69, 9.17) is 28.0 Å².